The largest absolute Gasteiger partial charge is 0.495 e. The molecule has 0 aromatic heterocycles. The zero-order valence-corrected chi connectivity index (χ0v) is 17.9. The number of halogens is 1. The Morgan fingerprint density at radius 2 is 1.79 bits per heavy atom. The van der Waals surface area contributed by atoms with Crippen molar-refractivity contribution >= 4 is 29.1 Å². The third-order valence-electron chi connectivity index (χ3n) is 6.89. The van der Waals surface area contributed by atoms with Gasteiger partial charge in [-0.2, -0.15) is 0 Å². The number of ether oxygens (including phenoxy) is 1. The van der Waals surface area contributed by atoms with Crippen LogP contribution in [-0.4, -0.2) is 49.5 Å². The standard InChI is InChI=1S/C22H30ClN3O3/c1-26(13-20(27)25-18-8-17(23)3-4-19(18)29-2)21(28)12-24-22-9-14-5-15(10-22)7-16(6-14)11-22/h3-4,8,14-16,24H,5-7,9-13H2,1-2H3,(H,25,27). The van der Waals surface area contributed by atoms with Gasteiger partial charge in [0.25, 0.3) is 0 Å². The summed E-state index contributed by atoms with van der Waals surface area (Å²) in [7, 11) is 3.20. The lowest BCUT2D eigenvalue weighted by Gasteiger charge is -2.57. The number of methoxy groups -OCH3 is 1. The van der Waals surface area contributed by atoms with Gasteiger partial charge in [0.1, 0.15) is 5.75 Å². The van der Waals surface area contributed by atoms with Gasteiger partial charge in [0, 0.05) is 17.6 Å². The molecule has 0 saturated heterocycles. The summed E-state index contributed by atoms with van der Waals surface area (Å²) < 4.78 is 5.25. The van der Waals surface area contributed by atoms with E-state index in [1.54, 1.807) is 25.2 Å². The summed E-state index contributed by atoms with van der Waals surface area (Å²) in [5, 5.41) is 6.88. The van der Waals surface area contributed by atoms with E-state index in [0.29, 0.717) is 16.5 Å². The lowest BCUT2D eigenvalue weighted by atomic mass is 9.53. The predicted octanol–water partition coefficient (Wildman–Crippen LogP) is 3.30. The normalized spacial score (nSPS) is 29.6. The molecule has 0 atom stereocenters. The minimum absolute atomic E-state index is 0.0168. The van der Waals surface area contributed by atoms with Crippen molar-refractivity contribution in [2.45, 2.75) is 44.1 Å². The van der Waals surface area contributed by atoms with Crippen molar-refractivity contribution < 1.29 is 14.3 Å². The second-order valence-electron chi connectivity index (χ2n) is 9.19. The Kier molecular flexibility index (Phi) is 5.76. The van der Waals surface area contributed by atoms with E-state index in [0.717, 1.165) is 17.8 Å². The van der Waals surface area contributed by atoms with Crippen LogP contribution in [0, 0.1) is 17.8 Å². The molecular formula is C22H30ClN3O3. The highest BCUT2D eigenvalue weighted by molar-refractivity contribution is 6.31. The van der Waals surface area contributed by atoms with E-state index in [-0.39, 0.29) is 30.4 Å². The molecule has 4 saturated carbocycles. The Hall–Kier alpha value is -1.79. The third kappa shape index (κ3) is 4.53. The maximum absolute atomic E-state index is 12.6. The molecule has 5 rings (SSSR count). The van der Waals surface area contributed by atoms with Gasteiger partial charge in [0.2, 0.25) is 11.8 Å². The maximum Gasteiger partial charge on any atom is 0.244 e. The van der Waals surface area contributed by atoms with Gasteiger partial charge in [-0.1, -0.05) is 11.6 Å². The predicted molar refractivity (Wildman–Crippen MR) is 113 cm³/mol. The molecule has 7 heteroatoms. The summed E-state index contributed by atoms with van der Waals surface area (Å²) in [6, 6.07) is 5.03. The number of carbonyl (C=O) groups excluding carboxylic acids is 2. The molecule has 2 N–H and O–H groups in total. The Morgan fingerprint density at radius 3 is 2.38 bits per heavy atom. The van der Waals surface area contributed by atoms with Crippen LogP contribution in [0.1, 0.15) is 38.5 Å². The lowest BCUT2D eigenvalue weighted by Crippen LogP contribution is -2.60. The molecule has 0 spiro atoms. The lowest BCUT2D eigenvalue weighted by molar-refractivity contribution is -0.133. The molecule has 0 heterocycles. The second kappa shape index (κ2) is 8.15. The van der Waals surface area contributed by atoms with Crippen molar-refractivity contribution in [3.63, 3.8) is 0 Å². The van der Waals surface area contributed by atoms with Crippen molar-refractivity contribution in [1.29, 1.82) is 0 Å². The monoisotopic (exact) mass is 419 g/mol. The number of anilines is 1. The molecule has 4 aliphatic rings. The van der Waals surface area contributed by atoms with E-state index in [1.165, 1.54) is 50.5 Å². The molecule has 2 amide bonds. The molecule has 0 radical (unpaired) electrons. The van der Waals surface area contributed by atoms with Gasteiger partial charge in [0.05, 0.1) is 25.9 Å². The molecule has 29 heavy (non-hydrogen) atoms. The van der Waals surface area contributed by atoms with Crippen LogP contribution in [0.3, 0.4) is 0 Å². The molecule has 4 bridgehead atoms. The molecule has 4 aliphatic carbocycles. The number of hydrogen-bond donors (Lipinski definition) is 2. The average molecular weight is 420 g/mol. The van der Waals surface area contributed by atoms with Crippen LogP contribution >= 0.6 is 11.6 Å². The number of likely N-dealkylation sites (N-methyl/N-ethyl adjacent to an activating group) is 1. The van der Waals surface area contributed by atoms with Gasteiger partial charge in [0.15, 0.2) is 0 Å². The summed E-state index contributed by atoms with van der Waals surface area (Å²) in [6.07, 6.45) is 7.73. The Balaban J connectivity index is 1.29. The van der Waals surface area contributed by atoms with Gasteiger partial charge in [-0.3, -0.25) is 9.59 Å². The van der Waals surface area contributed by atoms with Crippen LogP contribution in [0.5, 0.6) is 5.75 Å². The van der Waals surface area contributed by atoms with Crippen molar-refractivity contribution in [2.24, 2.45) is 17.8 Å². The zero-order valence-electron chi connectivity index (χ0n) is 17.2. The first kappa shape index (κ1) is 20.5. The summed E-state index contributed by atoms with van der Waals surface area (Å²) >= 11 is 6.00. The smallest absolute Gasteiger partial charge is 0.244 e. The molecule has 158 valence electrons. The summed E-state index contributed by atoms with van der Waals surface area (Å²) in [5.41, 5.74) is 0.638. The highest BCUT2D eigenvalue weighted by Gasteiger charge is 2.50. The Labute approximate surface area is 177 Å². The number of benzene rings is 1. The van der Waals surface area contributed by atoms with Crippen LogP contribution in [0.15, 0.2) is 18.2 Å². The molecule has 6 nitrogen and oxygen atoms in total. The third-order valence-corrected chi connectivity index (χ3v) is 7.13. The molecule has 1 aromatic rings. The number of nitrogens with one attached hydrogen (secondary N) is 2. The first-order valence-electron chi connectivity index (χ1n) is 10.5. The van der Waals surface area contributed by atoms with Crippen LogP contribution in [0.2, 0.25) is 5.02 Å². The number of rotatable bonds is 7. The Bertz CT molecular complexity index is 762. The van der Waals surface area contributed by atoms with Gasteiger partial charge in [-0.15, -0.1) is 0 Å². The van der Waals surface area contributed by atoms with Crippen molar-refractivity contribution in [3.8, 4) is 5.75 Å². The van der Waals surface area contributed by atoms with Gasteiger partial charge < -0.3 is 20.3 Å². The highest BCUT2D eigenvalue weighted by Crippen LogP contribution is 2.55. The topological polar surface area (TPSA) is 70.7 Å². The average Bonchev–Trinajstić information content (AvgIpc) is 2.65. The second-order valence-corrected chi connectivity index (χ2v) is 9.63. The molecule has 0 unspecified atom stereocenters. The molecule has 4 fully saturated rings. The summed E-state index contributed by atoms with van der Waals surface area (Å²) in [4.78, 5) is 26.5. The maximum atomic E-state index is 12.6. The fourth-order valence-electron chi connectivity index (χ4n) is 6.00. The number of nitrogens with zero attached hydrogens (tertiary/aromatic N) is 1. The zero-order chi connectivity index (χ0) is 20.6. The quantitative estimate of drug-likeness (QED) is 0.711. The fourth-order valence-corrected chi connectivity index (χ4v) is 6.17. The molecule has 1 aromatic carbocycles. The molecular weight excluding hydrogens is 390 g/mol. The van der Waals surface area contributed by atoms with E-state index in [4.69, 9.17) is 16.3 Å². The van der Waals surface area contributed by atoms with Crippen LogP contribution in [0.4, 0.5) is 5.69 Å². The molecule has 0 aliphatic heterocycles. The van der Waals surface area contributed by atoms with Crippen LogP contribution in [0.25, 0.3) is 0 Å². The van der Waals surface area contributed by atoms with E-state index in [2.05, 4.69) is 10.6 Å². The van der Waals surface area contributed by atoms with Crippen molar-refractivity contribution in [3.05, 3.63) is 23.2 Å². The Morgan fingerprint density at radius 1 is 1.17 bits per heavy atom. The van der Waals surface area contributed by atoms with E-state index >= 15 is 0 Å². The minimum Gasteiger partial charge on any atom is -0.495 e. The van der Waals surface area contributed by atoms with Gasteiger partial charge in [-0.05, 0) is 74.5 Å². The first-order chi connectivity index (χ1) is 13.9. The van der Waals surface area contributed by atoms with Crippen molar-refractivity contribution in [2.75, 3.05) is 32.6 Å². The first-order valence-corrected chi connectivity index (χ1v) is 10.9. The van der Waals surface area contributed by atoms with E-state index in [9.17, 15) is 9.59 Å². The minimum atomic E-state index is -0.281. The highest BCUT2D eigenvalue weighted by atomic mass is 35.5. The fraction of sp³-hybridized carbons (Fsp3) is 0.636. The summed E-state index contributed by atoms with van der Waals surface area (Å²) in [5.74, 6) is 2.69. The van der Waals surface area contributed by atoms with Crippen LogP contribution in [-0.2, 0) is 9.59 Å². The van der Waals surface area contributed by atoms with Crippen molar-refractivity contribution in [1.82, 2.24) is 10.2 Å². The SMILES string of the molecule is COc1ccc(Cl)cc1NC(=O)CN(C)C(=O)CNC12CC3CC(CC(C3)C1)C2. The number of amides is 2. The number of carbonyl (C=O) groups is 2. The van der Waals surface area contributed by atoms with Gasteiger partial charge in [-0.25, -0.2) is 0 Å². The number of hydrogen-bond acceptors (Lipinski definition) is 4. The van der Waals surface area contributed by atoms with Crippen LogP contribution < -0.4 is 15.4 Å². The summed E-state index contributed by atoms with van der Waals surface area (Å²) in [6.45, 7) is 0.271. The van der Waals surface area contributed by atoms with E-state index < -0.39 is 0 Å². The van der Waals surface area contributed by atoms with Gasteiger partial charge >= 0.3 is 0 Å². The van der Waals surface area contributed by atoms with E-state index in [1.807, 2.05) is 0 Å².